The first-order valence-corrected chi connectivity index (χ1v) is 12.2. The Balaban J connectivity index is 1.70. The number of hydrogen-bond acceptors (Lipinski definition) is 4. The van der Waals surface area contributed by atoms with Crippen molar-refractivity contribution in [1.82, 2.24) is 9.99 Å². The van der Waals surface area contributed by atoms with Crippen LogP contribution in [0.15, 0.2) is 82.7 Å². The molecule has 4 aromatic rings. The van der Waals surface area contributed by atoms with Crippen LogP contribution in [0.5, 0.6) is 0 Å². The highest BCUT2D eigenvalue weighted by atomic mass is 16.4. The van der Waals surface area contributed by atoms with Crippen LogP contribution < -0.4 is 5.56 Å². The normalized spacial score (nSPS) is 15.1. The number of nitrogens with one attached hydrogen (secondary N) is 1. The van der Waals surface area contributed by atoms with Crippen molar-refractivity contribution in [2.45, 2.75) is 39.2 Å². The number of pyridine rings is 1. The molecule has 5 rings (SSSR count). The lowest BCUT2D eigenvalue weighted by Crippen LogP contribution is -2.27. The van der Waals surface area contributed by atoms with Crippen molar-refractivity contribution in [1.29, 1.82) is 0 Å². The van der Waals surface area contributed by atoms with Gasteiger partial charge in [0.2, 0.25) is 5.91 Å². The lowest BCUT2D eigenvalue weighted by atomic mass is 9.90. The van der Waals surface area contributed by atoms with Gasteiger partial charge in [-0.1, -0.05) is 72.3 Å². The van der Waals surface area contributed by atoms with Gasteiger partial charge in [-0.2, -0.15) is 5.10 Å². The summed E-state index contributed by atoms with van der Waals surface area (Å²) in [5.41, 5.74) is 6.02. The first kappa shape index (κ1) is 24.2. The number of aliphatic carboxylic acids is 1. The standard InChI is InChI=1S/C30H27N3O4/c1-18-11-13-20(14-12-18)28-22-9-5-6-10-23(22)31-30(37)29(28)24-17-25(21-8-4-3-7-19(21)2)33(32-24)26(34)15-16-27(35)36/h3-14,25H,15-17H2,1-2H3,(H,31,37)(H,35,36)/t25-/m0/s1. The predicted octanol–water partition coefficient (Wildman–Crippen LogP) is 5.35. The SMILES string of the molecule is Cc1ccc(-c2c(C3=NN(C(=O)CCC(=O)O)[C@H](c4ccccc4C)C3)c(=O)[nH]c3ccccc23)cc1. The molecule has 1 aliphatic rings. The van der Waals surface area contributed by atoms with E-state index in [0.717, 1.165) is 38.7 Å². The maximum atomic E-state index is 13.6. The second-order valence-electron chi connectivity index (χ2n) is 9.37. The summed E-state index contributed by atoms with van der Waals surface area (Å²) in [6.45, 7) is 3.98. The molecule has 0 saturated heterocycles. The van der Waals surface area contributed by atoms with Gasteiger partial charge in [-0.3, -0.25) is 14.4 Å². The van der Waals surface area contributed by atoms with Gasteiger partial charge in [0.25, 0.3) is 5.56 Å². The van der Waals surface area contributed by atoms with Gasteiger partial charge in [-0.05, 0) is 36.6 Å². The highest BCUT2D eigenvalue weighted by Gasteiger charge is 2.36. The van der Waals surface area contributed by atoms with Crippen LogP contribution in [0.3, 0.4) is 0 Å². The molecule has 0 radical (unpaired) electrons. The van der Waals surface area contributed by atoms with Crippen molar-refractivity contribution in [3.8, 4) is 11.1 Å². The number of H-pyrrole nitrogens is 1. The van der Waals surface area contributed by atoms with Gasteiger partial charge < -0.3 is 10.1 Å². The summed E-state index contributed by atoms with van der Waals surface area (Å²) < 4.78 is 0. The summed E-state index contributed by atoms with van der Waals surface area (Å²) in [5.74, 6) is -1.43. The first-order chi connectivity index (χ1) is 17.8. The van der Waals surface area contributed by atoms with E-state index in [0.29, 0.717) is 17.7 Å². The Morgan fingerprint density at radius 2 is 1.65 bits per heavy atom. The molecule has 2 heterocycles. The number of nitrogens with zero attached hydrogens (tertiary/aromatic N) is 2. The Morgan fingerprint density at radius 1 is 0.946 bits per heavy atom. The van der Waals surface area contributed by atoms with Crippen LogP contribution in [0, 0.1) is 13.8 Å². The number of fused-ring (bicyclic) bond motifs is 1. The average Bonchev–Trinajstić information content (AvgIpc) is 3.32. The van der Waals surface area contributed by atoms with Gasteiger partial charge in [0, 0.05) is 29.3 Å². The fourth-order valence-electron chi connectivity index (χ4n) is 4.96. The summed E-state index contributed by atoms with van der Waals surface area (Å²) in [4.78, 5) is 40.9. The Hall–Kier alpha value is -4.52. The number of amides is 1. The minimum Gasteiger partial charge on any atom is -0.481 e. The summed E-state index contributed by atoms with van der Waals surface area (Å²) in [7, 11) is 0. The van der Waals surface area contributed by atoms with Gasteiger partial charge >= 0.3 is 5.97 Å². The maximum absolute atomic E-state index is 13.6. The number of para-hydroxylation sites is 1. The molecule has 0 unspecified atom stereocenters. The number of carboxylic acid groups (broad SMARTS) is 1. The highest BCUT2D eigenvalue weighted by Crippen LogP contribution is 2.38. The third kappa shape index (κ3) is 4.68. The molecule has 1 aromatic heterocycles. The monoisotopic (exact) mass is 493 g/mol. The van der Waals surface area contributed by atoms with Crippen molar-refractivity contribution in [2.24, 2.45) is 5.10 Å². The van der Waals surface area contributed by atoms with E-state index in [1.54, 1.807) is 0 Å². The smallest absolute Gasteiger partial charge is 0.303 e. The van der Waals surface area contributed by atoms with E-state index in [9.17, 15) is 14.4 Å². The topological polar surface area (TPSA) is 103 Å². The Labute approximate surface area is 214 Å². The molecular formula is C30H27N3O4. The quantitative estimate of drug-likeness (QED) is 0.378. The van der Waals surface area contributed by atoms with Crippen LogP contribution in [-0.4, -0.2) is 32.7 Å². The van der Waals surface area contributed by atoms with Crippen LogP contribution in [0.2, 0.25) is 0 Å². The number of carbonyl (C=O) groups excluding carboxylic acids is 1. The Morgan fingerprint density at radius 3 is 2.38 bits per heavy atom. The van der Waals surface area contributed by atoms with Gasteiger partial charge in [0.15, 0.2) is 0 Å². The Bertz CT molecular complexity index is 1600. The van der Waals surface area contributed by atoms with E-state index in [4.69, 9.17) is 10.2 Å². The maximum Gasteiger partial charge on any atom is 0.303 e. The van der Waals surface area contributed by atoms with E-state index in [2.05, 4.69) is 4.98 Å². The molecule has 2 N–H and O–H groups in total. The van der Waals surface area contributed by atoms with Gasteiger partial charge in [-0.15, -0.1) is 0 Å². The van der Waals surface area contributed by atoms with Crippen molar-refractivity contribution in [2.75, 3.05) is 0 Å². The molecule has 1 aliphatic heterocycles. The molecule has 3 aromatic carbocycles. The zero-order chi connectivity index (χ0) is 26.1. The summed E-state index contributed by atoms with van der Waals surface area (Å²) in [6.07, 6.45) is -0.122. The fraction of sp³-hybridized carbons (Fsp3) is 0.200. The Kier molecular flexibility index (Phi) is 6.44. The zero-order valence-corrected chi connectivity index (χ0v) is 20.7. The number of aromatic amines is 1. The predicted molar refractivity (Wildman–Crippen MR) is 144 cm³/mol. The number of aromatic nitrogens is 1. The average molecular weight is 494 g/mol. The molecule has 0 saturated carbocycles. The highest BCUT2D eigenvalue weighted by molar-refractivity contribution is 6.12. The van der Waals surface area contributed by atoms with Gasteiger partial charge in [0.1, 0.15) is 0 Å². The number of hydrazone groups is 1. The van der Waals surface area contributed by atoms with E-state index in [-0.39, 0.29) is 24.3 Å². The van der Waals surface area contributed by atoms with Crippen molar-refractivity contribution < 1.29 is 14.7 Å². The number of hydrogen-bond donors (Lipinski definition) is 2. The van der Waals surface area contributed by atoms with Crippen LogP contribution in [-0.2, 0) is 9.59 Å². The minimum absolute atomic E-state index is 0.173. The molecule has 186 valence electrons. The first-order valence-electron chi connectivity index (χ1n) is 12.2. The van der Waals surface area contributed by atoms with Crippen molar-refractivity contribution in [3.63, 3.8) is 0 Å². The molecule has 0 fully saturated rings. The summed E-state index contributed by atoms with van der Waals surface area (Å²) in [5, 5.41) is 16.1. The van der Waals surface area contributed by atoms with E-state index in [1.165, 1.54) is 5.01 Å². The molecule has 0 aliphatic carbocycles. The number of benzene rings is 3. The van der Waals surface area contributed by atoms with Crippen LogP contribution in [0.25, 0.3) is 22.0 Å². The number of rotatable bonds is 6. The van der Waals surface area contributed by atoms with Gasteiger partial charge in [-0.25, -0.2) is 5.01 Å². The molecule has 37 heavy (non-hydrogen) atoms. The lowest BCUT2D eigenvalue weighted by Gasteiger charge is -2.23. The van der Waals surface area contributed by atoms with Crippen molar-refractivity contribution >= 4 is 28.5 Å². The molecule has 1 atom stereocenters. The second-order valence-corrected chi connectivity index (χ2v) is 9.37. The third-order valence-electron chi connectivity index (χ3n) is 6.82. The second kappa shape index (κ2) is 9.85. The molecule has 0 spiro atoms. The summed E-state index contributed by atoms with van der Waals surface area (Å²) >= 11 is 0. The number of aryl methyl sites for hydroxylation is 2. The molecule has 1 amide bonds. The summed E-state index contributed by atoms with van der Waals surface area (Å²) in [6, 6.07) is 22.9. The van der Waals surface area contributed by atoms with Gasteiger partial charge in [0.05, 0.1) is 23.7 Å². The number of carboxylic acids is 1. The largest absolute Gasteiger partial charge is 0.481 e. The van der Waals surface area contributed by atoms with Crippen LogP contribution in [0.4, 0.5) is 0 Å². The van der Waals surface area contributed by atoms with Crippen molar-refractivity contribution in [3.05, 3.63) is 105 Å². The van der Waals surface area contributed by atoms with Crippen LogP contribution in [0.1, 0.15) is 47.6 Å². The molecular weight excluding hydrogens is 466 g/mol. The third-order valence-corrected chi connectivity index (χ3v) is 6.82. The minimum atomic E-state index is -1.04. The lowest BCUT2D eigenvalue weighted by molar-refractivity contribution is -0.141. The van der Waals surface area contributed by atoms with E-state index in [1.807, 2.05) is 86.6 Å². The zero-order valence-electron chi connectivity index (χ0n) is 20.7. The van der Waals surface area contributed by atoms with Crippen LogP contribution >= 0.6 is 0 Å². The fourth-order valence-corrected chi connectivity index (χ4v) is 4.96. The van der Waals surface area contributed by atoms with E-state index < -0.39 is 12.0 Å². The molecule has 7 heteroatoms. The number of carbonyl (C=O) groups is 2. The van der Waals surface area contributed by atoms with E-state index >= 15 is 0 Å². The molecule has 7 nitrogen and oxygen atoms in total. The molecule has 0 bridgehead atoms.